The van der Waals surface area contributed by atoms with E-state index in [-0.39, 0.29) is 18.2 Å². The van der Waals surface area contributed by atoms with Gasteiger partial charge in [-0.3, -0.25) is 0 Å². The van der Waals surface area contributed by atoms with Gasteiger partial charge in [0.1, 0.15) is 28.7 Å². The monoisotopic (exact) mass is 301 g/mol. The van der Waals surface area contributed by atoms with Crippen molar-refractivity contribution in [3.63, 3.8) is 0 Å². The molecule has 2 aromatic carbocycles. The molecule has 2 aromatic heterocycles. The number of H-pyrrole nitrogens is 1. The van der Waals surface area contributed by atoms with Crippen LogP contribution in [0.4, 0.5) is 4.39 Å². The largest absolute Gasteiger partial charge is 1.00 e. The molecule has 3 nitrogen and oxygen atoms in total. The van der Waals surface area contributed by atoms with Crippen molar-refractivity contribution in [2.75, 3.05) is 0 Å². The van der Waals surface area contributed by atoms with Gasteiger partial charge in [0.15, 0.2) is 0 Å². The highest BCUT2D eigenvalue weighted by molar-refractivity contribution is 5.76. The van der Waals surface area contributed by atoms with Crippen molar-refractivity contribution >= 4 is 16.8 Å². The second kappa shape index (κ2) is 4.90. The fourth-order valence-electron chi connectivity index (χ4n) is 2.67. The third-order valence-corrected chi connectivity index (χ3v) is 3.71. The maximum absolute atomic E-state index is 13.0. The highest BCUT2D eigenvalue weighted by Crippen LogP contribution is 2.21. The van der Waals surface area contributed by atoms with Crippen LogP contribution in [0.15, 0.2) is 54.7 Å². The number of aromatic nitrogens is 3. The molecular formula is C16H13ClFN3. The first-order valence-corrected chi connectivity index (χ1v) is 6.48. The molecule has 4 aromatic rings. The summed E-state index contributed by atoms with van der Waals surface area (Å²) in [5.41, 5.74) is 4.26. The number of rotatable bonds is 1. The number of imidazole rings is 2. The Balaban J connectivity index is 0.00000132. The summed E-state index contributed by atoms with van der Waals surface area (Å²) >= 11 is 0. The lowest BCUT2D eigenvalue weighted by molar-refractivity contribution is -0.620. The summed E-state index contributed by atoms with van der Waals surface area (Å²) < 4.78 is 17.2. The maximum atomic E-state index is 13.0. The average Bonchev–Trinajstić information content (AvgIpc) is 3.01. The molecule has 0 bridgehead atoms. The third-order valence-electron chi connectivity index (χ3n) is 3.71. The average molecular weight is 302 g/mol. The predicted molar refractivity (Wildman–Crippen MR) is 75.8 cm³/mol. The number of fused-ring (bicyclic) bond motifs is 3. The van der Waals surface area contributed by atoms with Gasteiger partial charge >= 0.3 is 5.78 Å². The lowest BCUT2D eigenvalue weighted by Crippen LogP contribution is -3.00. The molecule has 0 atom stereocenters. The summed E-state index contributed by atoms with van der Waals surface area (Å²) in [6.45, 7) is 0. The number of para-hydroxylation sites is 2. The zero-order chi connectivity index (χ0) is 13.7. The second-order valence-corrected chi connectivity index (χ2v) is 4.92. The first kappa shape index (κ1) is 13.6. The lowest BCUT2D eigenvalue weighted by Gasteiger charge is -1.94. The molecule has 106 valence electrons. The molecule has 0 fully saturated rings. The molecular weight excluding hydrogens is 289 g/mol. The van der Waals surface area contributed by atoms with E-state index in [0.29, 0.717) is 0 Å². The van der Waals surface area contributed by atoms with Gasteiger partial charge in [0, 0.05) is 5.56 Å². The highest BCUT2D eigenvalue weighted by atomic mass is 35.5. The Morgan fingerprint density at radius 1 is 1.05 bits per heavy atom. The minimum absolute atomic E-state index is 0. The first-order chi connectivity index (χ1) is 9.74. The lowest BCUT2D eigenvalue weighted by atomic mass is 10.2. The zero-order valence-electron chi connectivity index (χ0n) is 11.3. The summed E-state index contributed by atoms with van der Waals surface area (Å²) in [5, 5.41) is 0. The van der Waals surface area contributed by atoms with Crippen molar-refractivity contribution < 1.29 is 21.4 Å². The summed E-state index contributed by atoms with van der Waals surface area (Å²) in [7, 11) is 2.03. The van der Waals surface area contributed by atoms with Crippen LogP contribution in [0, 0.1) is 5.82 Å². The minimum atomic E-state index is -0.219. The van der Waals surface area contributed by atoms with Crippen molar-refractivity contribution in [1.82, 2.24) is 9.38 Å². The van der Waals surface area contributed by atoms with E-state index in [9.17, 15) is 4.39 Å². The van der Waals surface area contributed by atoms with Crippen LogP contribution in [0.2, 0.25) is 0 Å². The molecule has 5 heteroatoms. The Kier molecular flexibility index (Phi) is 3.18. The molecule has 0 aliphatic carbocycles. The van der Waals surface area contributed by atoms with Gasteiger partial charge in [-0.25, -0.2) is 13.9 Å². The molecule has 4 rings (SSSR count). The van der Waals surface area contributed by atoms with E-state index >= 15 is 0 Å². The summed E-state index contributed by atoms with van der Waals surface area (Å²) in [4.78, 5) is 3.39. The zero-order valence-corrected chi connectivity index (χ0v) is 12.1. The second-order valence-electron chi connectivity index (χ2n) is 4.92. The minimum Gasteiger partial charge on any atom is -1.00 e. The number of halogens is 2. The van der Waals surface area contributed by atoms with Crippen molar-refractivity contribution in [3.05, 3.63) is 60.5 Å². The van der Waals surface area contributed by atoms with Gasteiger partial charge in [0.05, 0.1) is 7.05 Å². The van der Waals surface area contributed by atoms with Crippen molar-refractivity contribution in [2.45, 2.75) is 0 Å². The number of aromatic amines is 1. The Morgan fingerprint density at radius 2 is 1.76 bits per heavy atom. The molecule has 2 heterocycles. The molecule has 1 N–H and O–H groups in total. The van der Waals surface area contributed by atoms with E-state index < -0.39 is 0 Å². The Labute approximate surface area is 127 Å². The van der Waals surface area contributed by atoms with E-state index in [4.69, 9.17) is 0 Å². The number of nitrogens with one attached hydrogen (secondary N) is 1. The highest BCUT2D eigenvalue weighted by Gasteiger charge is 2.18. The summed E-state index contributed by atoms with van der Waals surface area (Å²) in [6, 6.07) is 14.7. The van der Waals surface area contributed by atoms with Crippen LogP contribution in [-0.4, -0.2) is 9.38 Å². The van der Waals surface area contributed by atoms with E-state index in [1.165, 1.54) is 17.6 Å². The Hall–Kier alpha value is -2.33. The van der Waals surface area contributed by atoms with Crippen LogP contribution in [0.3, 0.4) is 0 Å². The molecule has 0 unspecified atom stereocenters. The van der Waals surface area contributed by atoms with E-state index in [0.717, 1.165) is 22.6 Å². The number of benzene rings is 2. The van der Waals surface area contributed by atoms with Crippen LogP contribution < -0.4 is 17.0 Å². The molecule has 0 aliphatic heterocycles. The smallest absolute Gasteiger partial charge is 0.367 e. The van der Waals surface area contributed by atoms with E-state index in [1.54, 1.807) is 12.1 Å². The number of nitrogens with zero attached hydrogens (tertiary/aromatic N) is 2. The fraction of sp³-hybridized carbons (Fsp3) is 0.0625. The van der Waals surface area contributed by atoms with Gasteiger partial charge in [-0.1, -0.05) is 12.1 Å². The number of hydrogen-bond donors (Lipinski definition) is 1. The van der Waals surface area contributed by atoms with Gasteiger partial charge in [0.25, 0.3) is 0 Å². The van der Waals surface area contributed by atoms with Crippen LogP contribution >= 0.6 is 0 Å². The number of aryl methyl sites for hydroxylation is 1. The molecule has 0 saturated heterocycles. The Bertz CT molecular complexity index is 922. The third kappa shape index (κ3) is 1.99. The standard InChI is InChI=1S/C16H12FN3.ClH/c1-19-14-4-2-3-5-15(14)20-10-13(18-16(19)20)11-6-8-12(17)9-7-11;/h2-10H,1H3;1H. The molecule has 21 heavy (non-hydrogen) atoms. The van der Waals surface area contributed by atoms with Gasteiger partial charge < -0.3 is 12.4 Å². The van der Waals surface area contributed by atoms with Crippen molar-refractivity contribution in [2.24, 2.45) is 7.05 Å². The van der Waals surface area contributed by atoms with Crippen LogP contribution in [-0.2, 0) is 7.05 Å². The predicted octanol–water partition coefficient (Wildman–Crippen LogP) is 0.0552. The summed E-state index contributed by atoms with van der Waals surface area (Å²) in [6.07, 6.45) is 2.05. The molecule has 0 saturated carbocycles. The number of hydrogen-bond acceptors (Lipinski definition) is 0. The molecule has 0 amide bonds. The molecule has 0 radical (unpaired) electrons. The van der Waals surface area contributed by atoms with Gasteiger partial charge in [0.2, 0.25) is 0 Å². The van der Waals surface area contributed by atoms with E-state index in [1.807, 2.05) is 25.4 Å². The van der Waals surface area contributed by atoms with Crippen molar-refractivity contribution in [1.29, 1.82) is 0 Å². The van der Waals surface area contributed by atoms with Gasteiger partial charge in [-0.2, -0.15) is 4.40 Å². The first-order valence-electron chi connectivity index (χ1n) is 6.48. The SMILES string of the molecule is C[n+]1c2ccccc2n2cc(-c3ccc(F)cc3)[nH]c21.[Cl-]. The van der Waals surface area contributed by atoms with Crippen molar-refractivity contribution in [3.8, 4) is 11.3 Å². The van der Waals surface area contributed by atoms with Crippen LogP contribution in [0.5, 0.6) is 0 Å². The topological polar surface area (TPSA) is 24.1 Å². The summed E-state index contributed by atoms with van der Waals surface area (Å²) in [5.74, 6) is 0.786. The van der Waals surface area contributed by atoms with Gasteiger partial charge in [-0.05, 0) is 36.4 Å². The van der Waals surface area contributed by atoms with E-state index in [2.05, 4.69) is 26.1 Å². The van der Waals surface area contributed by atoms with Crippen LogP contribution in [0.1, 0.15) is 0 Å². The Morgan fingerprint density at radius 3 is 2.52 bits per heavy atom. The quantitative estimate of drug-likeness (QED) is 0.481. The normalized spacial score (nSPS) is 11.0. The molecule has 0 spiro atoms. The van der Waals surface area contributed by atoms with Gasteiger partial charge in [-0.15, -0.1) is 0 Å². The maximum Gasteiger partial charge on any atom is 0.367 e. The molecule has 0 aliphatic rings. The van der Waals surface area contributed by atoms with Crippen LogP contribution in [0.25, 0.3) is 28.1 Å². The fourth-order valence-corrected chi connectivity index (χ4v) is 2.67.